The van der Waals surface area contributed by atoms with Crippen molar-refractivity contribution in [1.82, 2.24) is 9.97 Å². The minimum atomic E-state index is -0.627. The molecule has 0 unspecified atom stereocenters. The van der Waals surface area contributed by atoms with Gasteiger partial charge in [0.1, 0.15) is 5.78 Å². The van der Waals surface area contributed by atoms with Gasteiger partial charge in [0.15, 0.2) is 5.82 Å². The lowest BCUT2D eigenvalue weighted by atomic mass is 9.95. The first-order valence-corrected chi connectivity index (χ1v) is 5.50. The smallest absolute Gasteiger partial charge is 0.214 e. The number of ketones is 2. The molecule has 1 aromatic rings. The third kappa shape index (κ3) is 2.19. The van der Waals surface area contributed by atoms with E-state index in [1.165, 1.54) is 6.20 Å². The van der Waals surface area contributed by atoms with Crippen LogP contribution in [0.1, 0.15) is 36.3 Å². The number of H-pyrrole nitrogens is 1. The van der Waals surface area contributed by atoms with Crippen molar-refractivity contribution in [3.63, 3.8) is 0 Å². The lowest BCUT2D eigenvalue weighted by Gasteiger charge is -2.12. The zero-order chi connectivity index (χ0) is 11.5. The summed E-state index contributed by atoms with van der Waals surface area (Å²) in [6, 6.07) is -0.627. The average Bonchev–Trinajstić information content (AvgIpc) is 2.89. The van der Waals surface area contributed by atoms with E-state index in [0.29, 0.717) is 12.8 Å². The Morgan fingerprint density at radius 2 is 2.50 bits per heavy atom. The fraction of sp³-hybridized carbons (Fsp3) is 0.545. The highest BCUT2D eigenvalue weighted by Gasteiger charge is 2.29. The summed E-state index contributed by atoms with van der Waals surface area (Å²) in [5.74, 6) is 0.263. The van der Waals surface area contributed by atoms with Gasteiger partial charge in [-0.2, -0.15) is 0 Å². The molecule has 5 heteroatoms. The van der Waals surface area contributed by atoms with Crippen LogP contribution in [0.2, 0.25) is 0 Å². The van der Waals surface area contributed by atoms with E-state index in [-0.39, 0.29) is 23.3 Å². The number of aromatic amines is 1. The second-order valence-electron chi connectivity index (χ2n) is 4.20. The second-order valence-corrected chi connectivity index (χ2v) is 4.20. The molecule has 3 N–H and O–H groups in total. The van der Waals surface area contributed by atoms with Crippen molar-refractivity contribution in [2.75, 3.05) is 0 Å². The van der Waals surface area contributed by atoms with Crippen LogP contribution in [0.5, 0.6) is 0 Å². The molecule has 5 nitrogen and oxygen atoms in total. The van der Waals surface area contributed by atoms with Gasteiger partial charge in [-0.3, -0.25) is 9.59 Å². The maximum absolute atomic E-state index is 11.8. The van der Waals surface area contributed by atoms with Crippen molar-refractivity contribution in [3.05, 3.63) is 18.2 Å². The molecule has 1 saturated carbocycles. The Kier molecular flexibility index (Phi) is 3.14. The van der Waals surface area contributed by atoms with Crippen molar-refractivity contribution < 1.29 is 9.59 Å². The Bertz CT molecular complexity index is 386. The number of nitrogens with zero attached hydrogens (tertiary/aromatic N) is 1. The van der Waals surface area contributed by atoms with Crippen molar-refractivity contribution in [2.45, 2.75) is 31.7 Å². The molecule has 0 bridgehead atoms. The largest absolute Gasteiger partial charge is 0.342 e. The van der Waals surface area contributed by atoms with Gasteiger partial charge in [-0.25, -0.2) is 4.98 Å². The third-order valence-electron chi connectivity index (χ3n) is 3.04. The topological polar surface area (TPSA) is 88.8 Å². The lowest BCUT2D eigenvalue weighted by molar-refractivity contribution is -0.120. The van der Waals surface area contributed by atoms with Crippen LogP contribution in [0.25, 0.3) is 0 Å². The highest BCUT2D eigenvalue weighted by atomic mass is 16.1. The minimum Gasteiger partial charge on any atom is -0.342 e. The van der Waals surface area contributed by atoms with Gasteiger partial charge in [0.2, 0.25) is 5.78 Å². The monoisotopic (exact) mass is 221 g/mol. The Balaban J connectivity index is 1.95. The molecule has 0 aliphatic heterocycles. The van der Waals surface area contributed by atoms with E-state index in [9.17, 15) is 9.59 Å². The van der Waals surface area contributed by atoms with Gasteiger partial charge >= 0.3 is 0 Å². The number of rotatable bonds is 4. The van der Waals surface area contributed by atoms with E-state index < -0.39 is 6.04 Å². The van der Waals surface area contributed by atoms with Gasteiger partial charge in [0, 0.05) is 24.7 Å². The molecule has 2 rings (SSSR count). The van der Waals surface area contributed by atoms with Crippen LogP contribution in [0, 0.1) is 5.92 Å². The molecule has 0 aromatic carbocycles. The SMILES string of the molecule is N[C@@H](C[C@@H]1CCCC1=O)C(=O)c1ncc[nH]1. The zero-order valence-corrected chi connectivity index (χ0v) is 8.98. The molecule has 2 atom stereocenters. The maximum atomic E-state index is 11.8. The number of carbonyl (C=O) groups excluding carboxylic acids is 2. The standard InChI is InChI=1S/C11H15N3O2/c12-8(6-7-2-1-3-9(7)15)10(16)11-13-4-5-14-11/h4-5,7-8H,1-3,6,12H2,(H,13,14)/t7-,8-/m0/s1. The molecule has 1 aliphatic rings. The summed E-state index contributed by atoms with van der Waals surface area (Å²) in [5.41, 5.74) is 5.79. The van der Waals surface area contributed by atoms with Crippen molar-refractivity contribution in [2.24, 2.45) is 11.7 Å². The summed E-state index contributed by atoms with van der Waals surface area (Å²) < 4.78 is 0. The lowest BCUT2D eigenvalue weighted by Crippen LogP contribution is -2.34. The van der Waals surface area contributed by atoms with Gasteiger partial charge in [0.05, 0.1) is 6.04 Å². The molecule has 86 valence electrons. The number of imidazole rings is 1. The molecule has 0 spiro atoms. The van der Waals surface area contributed by atoms with Crippen molar-refractivity contribution in [3.8, 4) is 0 Å². The van der Waals surface area contributed by atoms with Crippen LogP contribution in [0.15, 0.2) is 12.4 Å². The predicted molar refractivity (Wildman–Crippen MR) is 57.9 cm³/mol. The summed E-state index contributed by atoms with van der Waals surface area (Å²) in [6.45, 7) is 0. The van der Waals surface area contributed by atoms with Crippen LogP contribution >= 0.6 is 0 Å². The number of nitrogens with one attached hydrogen (secondary N) is 1. The Morgan fingerprint density at radius 1 is 1.69 bits per heavy atom. The first-order valence-electron chi connectivity index (χ1n) is 5.50. The van der Waals surface area contributed by atoms with E-state index >= 15 is 0 Å². The van der Waals surface area contributed by atoms with Gasteiger partial charge < -0.3 is 10.7 Å². The summed E-state index contributed by atoms with van der Waals surface area (Å²) in [5, 5.41) is 0. The van der Waals surface area contributed by atoms with Crippen molar-refractivity contribution in [1.29, 1.82) is 0 Å². The molecule has 1 aliphatic carbocycles. The quantitative estimate of drug-likeness (QED) is 0.732. The highest BCUT2D eigenvalue weighted by Crippen LogP contribution is 2.25. The van der Waals surface area contributed by atoms with Gasteiger partial charge in [-0.1, -0.05) is 0 Å². The first kappa shape index (κ1) is 11.0. The number of hydrogen-bond acceptors (Lipinski definition) is 4. The van der Waals surface area contributed by atoms with E-state index in [4.69, 9.17) is 5.73 Å². The first-order chi connectivity index (χ1) is 7.68. The fourth-order valence-corrected chi connectivity index (χ4v) is 2.13. The van der Waals surface area contributed by atoms with Crippen molar-refractivity contribution >= 4 is 11.6 Å². The number of Topliss-reactive ketones (excluding diaryl/α,β-unsaturated/α-hetero) is 2. The normalized spacial score (nSPS) is 22.3. The number of hydrogen-bond donors (Lipinski definition) is 2. The van der Waals surface area contributed by atoms with Crippen LogP contribution in [-0.4, -0.2) is 27.6 Å². The molecule has 1 aromatic heterocycles. The molecule has 1 fully saturated rings. The molecule has 0 amide bonds. The summed E-state index contributed by atoms with van der Waals surface area (Å²) in [6.07, 6.45) is 5.95. The van der Waals surface area contributed by atoms with E-state index in [1.807, 2.05) is 0 Å². The second kappa shape index (κ2) is 4.57. The van der Waals surface area contributed by atoms with E-state index in [1.54, 1.807) is 6.20 Å². The Hall–Kier alpha value is -1.49. The van der Waals surface area contributed by atoms with E-state index in [0.717, 1.165) is 12.8 Å². The van der Waals surface area contributed by atoms with Crippen LogP contribution in [-0.2, 0) is 4.79 Å². The predicted octanol–water partition coefficient (Wildman–Crippen LogP) is 0.679. The Labute approximate surface area is 93.4 Å². The molecule has 16 heavy (non-hydrogen) atoms. The molecule has 0 radical (unpaired) electrons. The highest BCUT2D eigenvalue weighted by molar-refractivity contribution is 5.97. The third-order valence-corrected chi connectivity index (χ3v) is 3.04. The van der Waals surface area contributed by atoms with Gasteiger partial charge in [0.25, 0.3) is 0 Å². The maximum Gasteiger partial charge on any atom is 0.214 e. The summed E-state index contributed by atoms with van der Waals surface area (Å²) in [4.78, 5) is 29.8. The zero-order valence-electron chi connectivity index (χ0n) is 8.98. The molecule has 0 saturated heterocycles. The molecular weight excluding hydrogens is 206 g/mol. The fourth-order valence-electron chi connectivity index (χ4n) is 2.13. The number of aromatic nitrogens is 2. The van der Waals surface area contributed by atoms with Crippen LogP contribution < -0.4 is 5.73 Å². The number of nitrogens with two attached hydrogens (primary N) is 1. The van der Waals surface area contributed by atoms with Gasteiger partial charge in [-0.15, -0.1) is 0 Å². The van der Waals surface area contributed by atoms with E-state index in [2.05, 4.69) is 9.97 Å². The molecule has 1 heterocycles. The van der Waals surface area contributed by atoms with Gasteiger partial charge in [-0.05, 0) is 19.3 Å². The van der Waals surface area contributed by atoms with Crippen LogP contribution in [0.3, 0.4) is 0 Å². The van der Waals surface area contributed by atoms with Crippen LogP contribution in [0.4, 0.5) is 0 Å². The number of carbonyl (C=O) groups is 2. The minimum absolute atomic E-state index is 0.0334. The average molecular weight is 221 g/mol. The summed E-state index contributed by atoms with van der Waals surface area (Å²) in [7, 11) is 0. The Morgan fingerprint density at radius 3 is 3.06 bits per heavy atom. The molecular formula is C11H15N3O2. The summed E-state index contributed by atoms with van der Waals surface area (Å²) >= 11 is 0.